The van der Waals surface area contributed by atoms with Gasteiger partial charge in [0.1, 0.15) is 0 Å². The second-order valence-corrected chi connectivity index (χ2v) is 3.87. The highest BCUT2D eigenvalue weighted by Crippen LogP contribution is 2.32. The molecular formula is C9H16O4. The molecule has 2 fully saturated rings. The van der Waals surface area contributed by atoms with E-state index in [4.69, 9.17) is 18.9 Å². The van der Waals surface area contributed by atoms with Gasteiger partial charge in [0, 0.05) is 0 Å². The number of hydrogen-bond acceptors (Lipinski definition) is 4. The Morgan fingerprint density at radius 3 is 2.38 bits per heavy atom. The molecule has 0 aliphatic carbocycles. The zero-order chi connectivity index (χ0) is 9.47. The molecule has 0 radical (unpaired) electrons. The van der Waals surface area contributed by atoms with Crippen molar-refractivity contribution >= 4 is 0 Å². The monoisotopic (exact) mass is 188 g/mol. The van der Waals surface area contributed by atoms with Crippen LogP contribution < -0.4 is 0 Å². The molecule has 76 valence electrons. The highest BCUT2D eigenvalue weighted by atomic mass is 16.8. The summed E-state index contributed by atoms with van der Waals surface area (Å²) >= 11 is 0. The van der Waals surface area contributed by atoms with Gasteiger partial charge in [-0.05, 0) is 20.8 Å². The van der Waals surface area contributed by atoms with Gasteiger partial charge in [0.05, 0.1) is 25.4 Å². The van der Waals surface area contributed by atoms with E-state index in [1.54, 1.807) is 0 Å². The molecule has 2 aliphatic rings. The lowest BCUT2D eigenvalue weighted by molar-refractivity contribution is -0.278. The van der Waals surface area contributed by atoms with Gasteiger partial charge in [-0.1, -0.05) is 0 Å². The van der Waals surface area contributed by atoms with Crippen molar-refractivity contribution in [2.45, 2.75) is 45.1 Å². The molecule has 0 spiro atoms. The minimum absolute atomic E-state index is 0.119. The van der Waals surface area contributed by atoms with E-state index in [-0.39, 0.29) is 18.5 Å². The lowest BCUT2D eigenvalue weighted by atomic mass is 10.3. The van der Waals surface area contributed by atoms with E-state index in [2.05, 4.69) is 0 Å². The molecule has 4 heteroatoms. The van der Waals surface area contributed by atoms with Crippen LogP contribution in [0.3, 0.4) is 0 Å². The number of rotatable bonds is 1. The molecular weight excluding hydrogens is 172 g/mol. The first-order valence-electron chi connectivity index (χ1n) is 4.69. The van der Waals surface area contributed by atoms with Crippen molar-refractivity contribution < 1.29 is 18.9 Å². The second kappa shape index (κ2) is 3.20. The fourth-order valence-electron chi connectivity index (χ4n) is 1.66. The van der Waals surface area contributed by atoms with Crippen LogP contribution in [0.4, 0.5) is 0 Å². The Hall–Kier alpha value is -0.160. The molecule has 0 amide bonds. The standard InChI is InChI=1S/C9H16O4/c1-6-4-10-8(12-6)9(3)11-5-7(2)13-9/h6-8H,4-5H2,1-3H3/t6-,7-,8+,9-/m1/s1. The molecule has 0 aromatic heterocycles. The van der Waals surface area contributed by atoms with E-state index in [1.165, 1.54) is 0 Å². The van der Waals surface area contributed by atoms with E-state index < -0.39 is 5.79 Å². The van der Waals surface area contributed by atoms with Crippen molar-refractivity contribution in [3.05, 3.63) is 0 Å². The summed E-state index contributed by atoms with van der Waals surface area (Å²) < 4.78 is 22.1. The van der Waals surface area contributed by atoms with E-state index in [1.807, 2.05) is 20.8 Å². The summed E-state index contributed by atoms with van der Waals surface area (Å²) in [6, 6.07) is 0. The van der Waals surface area contributed by atoms with E-state index in [9.17, 15) is 0 Å². The quantitative estimate of drug-likeness (QED) is 0.612. The molecule has 4 atom stereocenters. The average Bonchev–Trinajstić information content (AvgIpc) is 2.60. The van der Waals surface area contributed by atoms with Gasteiger partial charge in [0.2, 0.25) is 12.1 Å². The van der Waals surface area contributed by atoms with Crippen LogP contribution in [-0.2, 0) is 18.9 Å². The van der Waals surface area contributed by atoms with Crippen LogP contribution in [0.5, 0.6) is 0 Å². The Bertz CT molecular complexity index is 196. The van der Waals surface area contributed by atoms with Gasteiger partial charge in [0.25, 0.3) is 0 Å². The zero-order valence-corrected chi connectivity index (χ0v) is 8.28. The summed E-state index contributed by atoms with van der Waals surface area (Å²) in [5.74, 6) is -0.718. The van der Waals surface area contributed by atoms with Crippen molar-refractivity contribution in [3.63, 3.8) is 0 Å². The maximum absolute atomic E-state index is 5.61. The molecule has 2 aliphatic heterocycles. The normalized spacial score (nSPS) is 51.5. The van der Waals surface area contributed by atoms with Gasteiger partial charge in [-0.25, -0.2) is 0 Å². The molecule has 2 rings (SSSR count). The van der Waals surface area contributed by atoms with E-state index in [0.717, 1.165) is 0 Å². The SMILES string of the molecule is C[C@@H]1CO[C@H]([C@]2(C)OC[C@@H](C)O2)O1. The summed E-state index contributed by atoms with van der Waals surface area (Å²) in [5.41, 5.74) is 0. The summed E-state index contributed by atoms with van der Waals surface area (Å²) in [5, 5.41) is 0. The highest BCUT2D eigenvalue weighted by molar-refractivity contribution is 4.79. The average molecular weight is 188 g/mol. The predicted molar refractivity (Wildman–Crippen MR) is 45.2 cm³/mol. The van der Waals surface area contributed by atoms with Gasteiger partial charge in [-0.2, -0.15) is 0 Å². The number of ether oxygens (including phenoxy) is 4. The topological polar surface area (TPSA) is 36.9 Å². The molecule has 13 heavy (non-hydrogen) atoms. The van der Waals surface area contributed by atoms with Crippen LogP contribution in [0, 0.1) is 0 Å². The lowest BCUT2D eigenvalue weighted by Crippen LogP contribution is -2.41. The van der Waals surface area contributed by atoms with Crippen molar-refractivity contribution in [2.75, 3.05) is 13.2 Å². The van der Waals surface area contributed by atoms with Gasteiger partial charge in [0.15, 0.2) is 0 Å². The third-order valence-electron chi connectivity index (χ3n) is 2.31. The first-order valence-corrected chi connectivity index (χ1v) is 4.69. The Morgan fingerprint density at radius 1 is 1.15 bits per heavy atom. The summed E-state index contributed by atoms with van der Waals surface area (Å²) in [7, 11) is 0. The van der Waals surface area contributed by atoms with Crippen molar-refractivity contribution in [1.82, 2.24) is 0 Å². The Balaban J connectivity index is 1.99. The Kier molecular flexibility index (Phi) is 2.32. The van der Waals surface area contributed by atoms with Crippen molar-refractivity contribution in [3.8, 4) is 0 Å². The molecule has 0 aromatic rings. The Labute approximate surface area is 78.1 Å². The number of hydrogen-bond donors (Lipinski definition) is 0. The maximum Gasteiger partial charge on any atom is 0.218 e. The first-order chi connectivity index (χ1) is 6.10. The third-order valence-corrected chi connectivity index (χ3v) is 2.31. The summed E-state index contributed by atoms with van der Waals surface area (Å²) in [6.07, 6.45) is -0.134. The minimum atomic E-state index is -0.718. The maximum atomic E-state index is 5.61. The van der Waals surface area contributed by atoms with Crippen LogP contribution in [0.15, 0.2) is 0 Å². The molecule has 4 nitrogen and oxygen atoms in total. The summed E-state index contributed by atoms with van der Waals surface area (Å²) in [6.45, 7) is 7.03. The predicted octanol–water partition coefficient (Wildman–Crippen LogP) is 0.899. The van der Waals surface area contributed by atoms with Gasteiger partial charge >= 0.3 is 0 Å². The van der Waals surface area contributed by atoms with Gasteiger partial charge in [-0.15, -0.1) is 0 Å². The zero-order valence-electron chi connectivity index (χ0n) is 8.28. The van der Waals surface area contributed by atoms with E-state index >= 15 is 0 Å². The molecule has 2 heterocycles. The van der Waals surface area contributed by atoms with Crippen LogP contribution in [0.1, 0.15) is 20.8 Å². The molecule has 0 bridgehead atoms. The lowest BCUT2D eigenvalue weighted by Gasteiger charge is -2.27. The van der Waals surface area contributed by atoms with Crippen molar-refractivity contribution in [1.29, 1.82) is 0 Å². The van der Waals surface area contributed by atoms with Crippen LogP contribution in [0.2, 0.25) is 0 Å². The second-order valence-electron chi connectivity index (χ2n) is 3.87. The van der Waals surface area contributed by atoms with E-state index in [0.29, 0.717) is 13.2 Å². The minimum Gasteiger partial charge on any atom is -0.345 e. The largest absolute Gasteiger partial charge is 0.345 e. The van der Waals surface area contributed by atoms with Crippen LogP contribution in [-0.4, -0.2) is 37.5 Å². The van der Waals surface area contributed by atoms with Crippen LogP contribution in [0.25, 0.3) is 0 Å². The third kappa shape index (κ3) is 1.72. The highest BCUT2D eigenvalue weighted by Gasteiger charge is 2.47. The smallest absolute Gasteiger partial charge is 0.218 e. The van der Waals surface area contributed by atoms with Gasteiger partial charge in [-0.3, -0.25) is 0 Å². The molecule has 2 saturated heterocycles. The molecule has 0 N–H and O–H groups in total. The first kappa shape index (κ1) is 9.40. The molecule has 0 unspecified atom stereocenters. The molecule has 0 aromatic carbocycles. The fraction of sp³-hybridized carbons (Fsp3) is 1.00. The molecule has 0 saturated carbocycles. The van der Waals surface area contributed by atoms with Crippen LogP contribution >= 0.6 is 0 Å². The van der Waals surface area contributed by atoms with Gasteiger partial charge < -0.3 is 18.9 Å². The van der Waals surface area contributed by atoms with Crippen molar-refractivity contribution in [2.24, 2.45) is 0 Å². The Morgan fingerprint density at radius 2 is 1.92 bits per heavy atom. The fourth-order valence-corrected chi connectivity index (χ4v) is 1.66. The summed E-state index contributed by atoms with van der Waals surface area (Å²) in [4.78, 5) is 0.